The van der Waals surface area contributed by atoms with Crippen molar-refractivity contribution >= 4 is 29.1 Å². The fraction of sp³-hybridized carbons (Fsp3) is 0.400. The van der Waals surface area contributed by atoms with Crippen LogP contribution < -0.4 is 10.6 Å². The van der Waals surface area contributed by atoms with Crippen molar-refractivity contribution in [3.8, 4) is 0 Å². The molecule has 3 rings (SSSR count). The van der Waals surface area contributed by atoms with E-state index in [1.807, 2.05) is 43.3 Å². The first-order valence-electron chi connectivity index (χ1n) is 11.0. The van der Waals surface area contributed by atoms with Crippen LogP contribution in [0.2, 0.25) is 0 Å². The molecular weight excluding hydrogens is 460 g/mol. The minimum Gasteiger partial charge on any atom is -0.460 e. The topological polar surface area (TPSA) is 70.3 Å². The molecular formula is C25H29ClN2O4S. The molecule has 0 aliphatic heterocycles. The van der Waals surface area contributed by atoms with Gasteiger partial charge >= 0.3 is 16.5 Å². The van der Waals surface area contributed by atoms with E-state index in [9.17, 15) is 14.4 Å². The van der Waals surface area contributed by atoms with Crippen molar-refractivity contribution in [2.45, 2.75) is 52.8 Å². The summed E-state index contributed by atoms with van der Waals surface area (Å²) in [7, 11) is 0. The molecule has 0 saturated heterocycles. The molecule has 1 heterocycles. The molecule has 3 aromatic rings. The van der Waals surface area contributed by atoms with Crippen molar-refractivity contribution in [3.05, 3.63) is 90.9 Å². The zero-order valence-corrected chi connectivity index (χ0v) is 20.7. The predicted molar refractivity (Wildman–Crippen MR) is 132 cm³/mol. The van der Waals surface area contributed by atoms with E-state index in [0.717, 1.165) is 34.6 Å². The average Bonchev–Trinajstić information content (AvgIpc) is 3.05. The van der Waals surface area contributed by atoms with Crippen molar-refractivity contribution in [2.24, 2.45) is 5.92 Å². The summed E-state index contributed by atoms with van der Waals surface area (Å²) >= 11 is 6.55. The van der Waals surface area contributed by atoms with E-state index in [2.05, 4.69) is 26.0 Å². The van der Waals surface area contributed by atoms with Gasteiger partial charge in [0.25, 0.3) is 0 Å². The first-order chi connectivity index (χ1) is 15.8. The first kappa shape index (κ1) is 25.0. The first-order valence-corrected chi connectivity index (χ1v) is 12.3. The third kappa shape index (κ3) is 6.68. The second-order valence-electron chi connectivity index (χ2n) is 8.50. The predicted octanol–water partition coefficient (Wildman–Crippen LogP) is 4.40. The van der Waals surface area contributed by atoms with Crippen LogP contribution in [0.5, 0.6) is 0 Å². The second kappa shape index (κ2) is 11.5. The highest BCUT2D eigenvalue weighted by molar-refractivity contribution is 7.03. The number of aromatic nitrogens is 2. The SMILES string of the molecule is CC(C)Cc1ccc(C(C)C(=O)OCc2ccc(Cn3c(=O)sn(CCCl)c3=O)cc2)cc1. The Morgan fingerprint density at radius 2 is 1.58 bits per heavy atom. The largest absolute Gasteiger partial charge is 0.460 e. The molecule has 1 aromatic heterocycles. The standard InChI is InChI=1S/C25H29ClN2O4S/c1-17(2)14-19-8-10-22(11-9-19)18(3)23(29)32-16-21-6-4-20(5-7-21)15-27-24(30)28(13-12-26)33-25(27)31/h4-11,17-18H,12-16H2,1-3H3. The second-order valence-corrected chi connectivity index (χ2v) is 9.85. The van der Waals surface area contributed by atoms with Gasteiger partial charge < -0.3 is 4.74 Å². The summed E-state index contributed by atoms with van der Waals surface area (Å²) in [6.45, 7) is 6.88. The Morgan fingerprint density at radius 3 is 2.18 bits per heavy atom. The van der Waals surface area contributed by atoms with E-state index in [-0.39, 0.29) is 41.5 Å². The Labute approximate surface area is 202 Å². The molecule has 0 saturated carbocycles. The Bertz CT molecular complexity index is 1180. The van der Waals surface area contributed by atoms with Crippen LogP contribution in [0, 0.1) is 5.92 Å². The molecule has 0 amide bonds. The van der Waals surface area contributed by atoms with E-state index < -0.39 is 0 Å². The lowest BCUT2D eigenvalue weighted by Gasteiger charge is -2.13. The molecule has 0 N–H and O–H groups in total. The van der Waals surface area contributed by atoms with E-state index in [1.54, 1.807) is 0 Å². The number of hydrogen-bond donors (Lipinski definition) is 0. The van der Waals surface area contributed by atoms with Crippen LogP contribution in [0.15, 0.2) is 58.1 Å². The van der Waals surface area contributed by atoms with E-state index in [0.29, 0.717) is 12.5 Å². The Kier molecular flexibility index (Phi) is 8.69. The minimum atomic E-state index is -0.352. The van der Waals surface area contributed by atoms with Gasteiger partial charge in [-0.2, -0.15) is 0 Å². The van der Waals surface area contributed by atoms with Crippen molar-refractivity contribution in [1.29, 1.82) is 0 Å². The number of nitrogens with zero attached hydrogens (tertiary/aromatic N) is 2. The molecule has 0 fully saturated rings. The maximum atomic E-state index is 12.5. The Morgan fingerprint density at radius 1 is 0.970 bits per heavy atom. The average molecular weight is 489 g/mol. The fourth-order valence-electron chi connectivity index (χ4n) is 3.50. The summed E-state index contributed by atoms with van der Waals surface area (Å²) < 4.78 is 8.07. The quantitative estimate of drug-likeness (QED) is 0.313. The number of ether oxygens (including phenoxy) is 1. The minimum absolute atomic E-state index is 0.163. The van der Waals surface area contributed by atoms with Gasteiger partial charge in [-0.25, -0.2) is 13.3 Å². The lowest BCUT2D eigenvalue weighted by Crippen LogP contribution is -2.29. The molecule has 2 aromatic carbocycles. The lowest BCUT2D eigenvalue weighted by molar-refractivity contribution is -0.146. The number of halogens is 1. The summed E-state index contributed by atoms with van der Waals surface area (Å²) in [5.41, 5.74) is 3.50. The molecule has 176 valence electrons. The van der Waals surface area contributed by atoms with Crippen molar-refractivity contribution in [3.63, 3.8) is 0 Å². The Balaban J connectivity index is 1.56. The number of carbonyl (C=O) groups excluding carboxylic acids is 1. The lowest BCUT2D eigenvalue weighted by atomic mass is 9.97. The van der Waals surface area contributed by atoms with Gasteiger partial charge in [-0.05, 0) is 41.5 Å². The Hall–Kier alpha value is -2.64. The summed E-state index contributed by atoms with van der Waals surface area (Å²) in [5.74, 6) is 0.235. The number of benzene rings is 2. The number of esters is 1. The molecule has 0 aliphatic carbocycles. The number of aryl methyl sites for hydroxylation is 1. The highest BCUT2D eigenvalue weighted by atomic mass is 35.5. The van der Waals surface area contributed by atoms with E-state index in [4.69, 9.17) is 16.3 Å². The van der Waals surface area contributed by atoms with Gasteiger partial charge in [0.15, 0.2) is 0 Å². The molecule has 0 aliphatic rings. The van der Waals surface area contributed by atoms with Gasteiger partial charge in [0.1, 0.15) is 6.61 Å². The van der Waals surface area contributed by atoms with Crippen LogP contribution in [-0.4, -0.2) is 20.4 Å². The van der Waals surface area contributed by atoms with Crippen molar-refractivity contribution in [2.75, 3.05) is 5.88 Å². The van der Waals surface area contributed by atoms with Crippen LogP contribution in [0.1, 0.15) is 48.9 Å². The number of hydrogen-bond acceptors (Lipinski definition) is 5. The van der Waals surface area contributed by atoms with Gasteiger partial charge in [0, 0.05) is 17.4 Å². The summed E-state index contributed by atoms with van der Waals surface area (Å²) in [4.78, 5) is 36.6. The number of carbonyl (C=O) groups is 1. The smallest absolute Gasteiger partial charge is 0.341 e. The van der Waals surface area contributed by atoms with Gasteiger partial charge in [0.05, 0.1) is 19.0 Å². The molecule has 33 heavy (non-hydrogen) atoms. The summed E-state index contributed by atoms with van der Waals surface area (Å²) in [6.07, 6.45) is 1.01. The zero-order valence-electron chi connectivity index (χ0n) is 19.1. The van der Waals surface area contributed by atoms with E-state index in [1.165, 1.54) is 14.1 Å². The molecule has 8 heteroatoms. The molecule has 0 bridgehead atoms. The monoisotopic (exact) mass is 488 g/mol. The maximum Gasteiger partial charge on any atom is 0.341 e. The van der Waals surface area contributed by atoms with Crippen molar-refractivity contribution < 1.29 is 9.53 Å². The van der Waals surface area contributed by atoms with Gasteiger partial charge in [-0.15, -0.1) is 11.6 Å². The van der Waals surface area contributed by atoms with E-state index >= 15 is 0 Å². The van der Waals surface area contributed by atoms with Crippen LogP contribution >= 0.6 is 23.1 Å². The van der Waals surface area contributed by atoms with Gasteiger partial charge in [0.2, 0.25) is 0 Å². The molecule has 0 spiro atoms. The van der Waals surface area contributed by atoms with Crippen molar-refractivity contribution in [1.82, 2.24) is 8.52 Å². The van der Waals surface area contributed by atoms with Crippen LogP contribution in [0.4, 0.5) is 0 Å². The third-order valence-electron chi connectivity index (χ3n) is 5.36. The highest BCUT2D eigenvalue weighted by Crippen LogP contribution is 2.19. The number of rotatable bonds is 10. The normalized spacial score (nSPS) is 12.2. The zero-order chi connectivity index (χ0) is 24.0. The molecule has 0 radical (unpaired) electrons. The molecule has 1 atom stereocenters. The maximum absolute atomic E-state index is 12.5. The summed E-state index contributed by atoms with van der Waals surface area (Å²) in [5, 5.41) is 0. The highest BCUT2D eigenvalue weighted by Gasteiger charge is 2.17. The summed E-state index contributed by atoms with van der Waals surface area (Å²) in [6, 6.07) is 15.5. The van der Waals surface area contributed by atoms with Crippen LogP contribution in [0.25, 0.3) is 0 Å². The molecule has 1 unspecified atom stereocenters. The van der Waals surface area contributed by atoms with Gasteiger partial charge in [-0.3, -0.25) is 9.59 Å². The third-order valence-corrected chi connectivity index (χ3v) is 6.47. The van der Waals surface area contributed by atoms with Gasteiger partial charge in [-0.1, -0.05) is 62.4 Å². The number of alkyl halides is 1. The van der Waals surface area contributed by atoms with Crippen LogP contribution in [-0.2, 0) is 35.6 Å². The fourth-order valence-corrected chi connectivity index (χ4v) is 4.56. The van der Waals surface area contributed by atoms with Crippen LogP contribution in [0.3, 0.4) is 0 Å². The molecule has 6 nitrogen and oxygen atoms in total.